The first kappa shape index (κ1) is 16.5. The predicted molar refractivity (Wildman–Crippen MR) is 89.8 cm³/mol. The van der Waals surface area contributed by atoms with Crippen LogP contribution in [-0.2, 0) is 16.0 Å². The quantitative estimate of drug-likeness (QED) is 0.806. The number of carbonyl (C=O) groups excluding carboxylic acids is 1. The third-order valence-electron chi connectivity index (χ3n) is 3.43. The highest BCUT2D eigenvalue weighted by atomic mass is 16.4. The molecular formula is C19H19NO3. The van der Waals surface area contributed by atoms with Gasteiger partial charge in [-0.05, 0) is 24.1 Å². The fourth-order valence-electron chi connectivity index (χ4n) is 2.19. The average Bonchev–Trinajstić information content (AvgIpc) is 2.56. The lowest BCUT2D eigenvalue weighted by atomic mass is 10.1. The van der Waals surface area contributed by atoms with Crippen molar-refractivity contribution in [1.82, 2.24) is 5.32 Å². The maximum atomic E-state index is 12.2. The number of hydrogen-bond donors (Lipinski definition) is 2. The van der Waals surface area contributed by atoms with Gasteiger partial charge in [-0.15, -0.1) is 0 Å². The molecular weight excluding hydrogens is 290 g/mol. The molecule has 0 bridgehead atoms. The first-order valence-electron chi connectivity index (χ1n) is 7.37. The minimum absolute atomic E-state index is 0.251. The molecule has 2 aromatic rings. The SMILES string of the molecule is C/C(=C\c1ccccc1)C(=O)N[C@@H](Cc1ccccc1)C(=O)O. The second-order valence-corrected chi connectivity index (χ2v) is 5.29. The number of rotatable bonds is 6. The van der Waals surface area contributed by atoms with Crippen molar-refractivity contribution in [3.8, 4) is 0 Å². The van der Waals surface area contributed by atoms with Crippen molar-refractivity contribution in [2.75, 3.05) is 0 Å². The van der Waals surface area contributed by atoms with Crippen molar-refractivity contribution in [3.63, 3.8) is 0 Å². The number of benzene rings is 2. The van der Waals surface area contributed by atoms with E-state index in [9.17, 15) is 14.7 Å². The van der Waals surface area contributed by atoms with E-state index >= 15 is 0 Å². The van der Waals surface area contributed by atoms with Gasteiger partial charge in [-0.2, -0.15) is 0 Å². The standard InChI is InChI=1S/C19H19NO3/c1-14(12-15-8-4-2-5-9-15)18(21)20-17(19(22)23)13-16-10-6-3-7-11-16/h2-12,17H,13H2,1H3,(H,20,21)(H,22,23)/b14-12+/t17-/m0/s1. The molecule has 0 saturated heterocycles. The summed E-state index contributed by atoms with van der Waals surface area (Å²) in [5, 5.41) is 11.9. The van der Waals surface area contributed by atoms with Gasteiger partial charge in [-0.25, -0.2) is 4.79 Å². The van der Waals surface area contributed by atoms with E-state index in [0.29, 0.717) is 5.57 Å². The first-order chi connectivity index (χ1) is 11.1. The number of hydrogen-bond acceptors (Lipinski definition) is 2. The molecule has 4 heteroatoms. The summed E-state index contributed by atoms with van der Waals surface area (Å²) in [6.45, 7) is 1.67. The largest absolute Gasteiger partial charge is 0.480 e. The molecule has 0 aliphatic rings. The number of nitrogens with one attached hydrogen (secondary N) is 1. The van der Waals surface area contributed by atoms with Gasteiger partial charge in [0.1, 0.15) is 6.04 Å². The maximum Gasteiger partial charge on any atom is 0.326 e. The van der Waals surface area contributed by atoms with Crippen LogP contribution in [0.3, 0.4) is 0 Å². The summed E-state index contributed by atoms with van der Waals surface area (Å²) in [7, 11) is 0. The average molecular weight is 309 g/mol. The van der Waals surface area contributed by atoms with Crippen molar-refractivity contribution in [2.24, 2.45) is 0 Å². The third-order valence-corrected chi connectivity index (χ3v) is 3.43. The van der Waals surface area contributed by atoms with Crippen LogP contribution in [0.1, 0.15) is 18.1 Å². The summed E-state index contributed by atoms with van der Waals surface area (Å²) in [4.78, 5) is 23.6. The predicted octanol–water partition coefficient (Wildman–Crippen LogP) is 2.90. The lowest BCUT2D eigenvalue weighted by molar-refractivity contribution is -0.141. The number of amides is 1. The summed E-state index contributed by atoms with van der Waals surface area (Å²) >= 11 is 0. The van der Waals surface area contributed by atoms with E-state index < -0.39 is 12.0 Å². The summed E-state index contributed by atoms with van der Waals surface area (Å²) in [5.74, 6) is -1.42. The van der Waals surface area contributed by atoms with Crippen molar-refractivity contribution >= 4 is 18.0 Å². The maximum absolute atomic E-state index is 12.2. The summed E-state index contributed by atoms with van der Waals surface area (Å²) in [5.41, 5.74) is 2.23. The zero-order chi connectivity index (χ0) is 16.7. The van der Waals surface area contributed by atoms with Gasteiger partial charge in [0.05, 0.1) is 0 Å². The molecule has 0 heterocycles. The van der Waals surface area contributed by atoms with E-state index in [1.807, 2.05) is 60.7 Å². The van der Waals surface area contributed by atoms with Crippen LogP contribution in [0.15, 0.2) is 66.2 Å². The smallest absolute Gasteiger partial charge is 0.326 e. The fourth-order valence-corrected chi connectivity index (χ4v) is 2.19. The van der Waals surface area contributed by atoms with Crippen LogP contribution in [0.5, 0.6) is 0 Å². The van der Waals surface area contributed by atoms with Gasteiger partial charge in [0, 0.05) is 12.0 Å². The van der Waals surface area contributed by atoms with Crippen LogP contribution in [0, 0.1) is 0 Å². The Labute approximate surface area is 135 Å². The Morgan fingerprint density at radius 1 is 1.04 bits per heavy atom. The van der Waals surface area contributed by atoms with E-state index in [0.717, 1.165) is 11.1 Å². The summed E-state index contributed by atoms with van der Waals surface area (Å²) < 4.78 is 0. The number of carboxylic acids is 1. The molecule has 0 spiro atoms. The molecule has 2 rings (SSSR count). The second-order valence-electron chi connectivity index (χ2n) is 5.29. The minimum Gasteiger partial charge on any atom is -0.480 e. The second kappa shape index (κ2) is 7.94. The van der Waals surface area contributed by atoms with Crippen LogP contribution < -0.4 is 5.32 Å². The van der Waals surface area contributed by atoms with Gasteiger partial charge in [0.2, 0.25) is 5.91 Å². The zero-order valence-electron chi connectivity index (χ0n) is 12.9. The number of aliphatic carboxylic acids is 1. The van der Waals surface area contributed by atoms with Crippen LogP contribution >= 0.6 is 0 Å². The highest BCUT2D eigenvalue weighted by Crippen LogP contribution is 2.08. The Morgan fingerprint density at radius 2 is 1.61 bits per heavy atom. The molecule has 1 atom stereocenters. The molecule has 0 fully saturated rings. The lowest BCUT2D eigenvalue weighted by Crippen LogP contribution is -2.42. The van der Waals surface area contributed by atoms with Gasteiger partial charge in [-0.1, -0.05) is 60.7 Å². The normalized spacial score (nSPS) is 12.5. The van der Waals surface area contributed by atoms with Crippen molar-refractivity contribution in [1.29, 1.82) is 0 Å². The van der Waals surface area contributed by atoms with Crippen LogP contribution in [0.4, 0.5) is 0 Å². The van der Waals surface area contributed by atoms with Crippen LogP contribution in [0.2, 0.25) is 0 Å². The Bertz CT molecular complexity index is 693. The van der Waals surface area contributed by atoms with Crippen molar-refractivity contribution < 1.29 is 14.7 Å². The topological polar surface area (TPSA) is 66.4 Å². The van der Waals surface area contributed by atoms with Gasteiger partial charge < -0.3 is 10.4 Å². The van der Waals surface area contributed by atoms with E-state index in [4.69, 9.17) is 0 Å². The highest BCUT2D eigenvalue weighted by molar-refractivity contribution is 5.99. The Morgan fingerprint density at radius 3 is 2.17 bits per heavy atom. The Hall–Kier alpha value is -2.88. The number of carboxylic acid groups (broad SMARTS) is 1. The summed E-state index contributed by atoms with van der Waals surface area (Å²) in [6, 6.07) is 17.7. The molecule has 0 radical (unpaired) electrons. The molecule has 0 unspecified atom stereocenters. The van der Waals surface area contributed by atoms with Gasteiger partial charge in [-0.3, -0.25) is 4.79 Å². The molecule has 2 aromatic carbocycles. The van der Waals surface area contributed by atoms with E-state index in [-0.39, 0.29) is 12.3 Å². The molecule has 0 aliphatic carbocycles. The molecule has 118 valence electrons. The molecule has 1 amide bonds. The minimum atomic E-state index is -1.05. The molecule has 4 nitrogen and oxygen atoms in total. The zero-order valence-corrected chi connectivity index (χ0v) is 12.9. The highest BCUT2D eigenvalue weighted by Gasteiger charge is 2.20. The Balaban J connectivity index is 2.06. The molecule has 2 N–H and O–H groups in total. The van der Waals surface area contributed by atoms with Gasteiger partial charge >= 0.3 is 5.97 Å². The van der Waals surface area contributed by atoms with E-state index in [2.05, 4.69) is 5.32 Å². The van der Waals surface area contributed by atoms with Gasteiger partial charge in [0.15, 0.2) is 0 Å². The fraction of sp³-hybridized carbons (Fsp3) is 0.158. The van der Waals surface area contributed by atoms with Crippen LogP contribution in [-0.4, -0.2) is 23.0 Å². The van der Waals surface area contributed by atoms with E-state index in [1.54, 1.807) is 13.0 Å². The Kier molecular flexibility index (Phi) is 5.69. The van der Waals surface area contributed by atoms with Gasteiger partial charge in [0.25, 0.3) is 0 Å². The third kappa shape index (κ3) is 5.11. The number of carbonyl (C=O) groups is 2. The first-order valence-corrected chi connectivity index (χ1v) is 7.37. The monoisotopic (exact) mass is 309 g/mol. The van der Waals surface area contributed by atoms with Crippen molar-refractivity contribution in [2.45, 2.75) is 19.4 Å². The summed E-state index contributed by atoms with van der Waals surface area (Å²) in [6.07, 6.45) is 1.98. The van der Waals surface area contributed by atoms with Crippen LogP contribution in [0.25, 0.3) is 6.08 Å². The van der Waals surface area contributed by atoms with E-state index in [1.165, 1.54) is 0 Å². The van der Waals surface area contributed by atoms with Crippen molar-refractivity contribution in [3.05, 3.63) is 77.4 Å². The molecule has 23 heavy (non-hydrogen) atoms. The molecule has 0 aromatic heterocycles. The lowest BCUT2D eigenvalue weighted by Gasteiger charge is -2.15. The molecule has 0 aliphatic heterocycles. The molecule has 0 saturated carbocycles.